The molecule has 0 saturated carbocycles. The quantitative estimate of drug-likeness (QED) is 0.489. The molecule has 1 atom stereocenters. The Bertz CT molecular complexity index is 456. The average molecular weight is 283 g/mol. The van der Waals surface area contributed by atoms with Crippen molar-refractivity contribution in [1.82, 2.24) is 4.90 Å². The van der Waals surface area contributed by atoms with Crippen molar-refractivity contribution >= 4 is 40.2 Å². The van der Waals surface area contributed by atoms with Crippen LogP contribution in [-0.2, 0) is 9.59 Å². The topological polar surface area (TPSA) is 57.6 Å². The summed E-state index contributed by atoms with van der Waals surface area (Å²) >= 11 is 6.23. The van der Waals surface area contributed by atoms with Crippen LogP contribution in [0.2, 0.25) is 0 Å². The molecule has 0 aromatic heterocycles. The van der Waals surface area contributed by atoms with E-state index in [4.69, 9.17) is 17.3 Å². The fraction of sp³-hybridized carbons (Fsp3) is 0.417. The second-order valence-electron chi connectivity index (χ2n) is 4.23. The molecule has 18 heavy (non-hydrogen) atoms. The van der Waals surface area contributed by atoms with Crippen LogP contribution in [0.4, 0.5) is 0 Å². The first kappa shape index (κ1) is 13.3. The molecule has 1 saturated heterocycles. The molecule has 1 fully saturated rings. The van der Waals surface area contributed by atoms with E-state index < -0.39 is 5.97 Å². The minimum atomic E-state index is -1.05. The molecule has 1 amide bonds. The van der Waals surface area contributed by atoms with E-state index >= 15 is 0 Å². The molecule has 0 spiro atoms. The van der Waals surface area contributed by atoms with E-state index in [0.717, 1.165) is 24.2 Å². The molecule has 0 aromatic rings. The van der Waals surface area contributed by atoms with Gasteiger partial charge in [0.1, 0.15) is 10.9 Å². The van der Waals surface area contributed by atoms with Crippen molar-refractivity contribution in [2.45, 2.75) is 19.3 Å². The standard InChI is InChI=1S/C12H13NO3S2/c14-10(15)7-13-11(16)9(18-12(13)17)6-8-4-2-1-3-5-8/h1-2,6,8H,3-5,7H2,(H,14,15)/b9-6+/t8-/m0/s1. The van der Waals surface area contributed by atoms with Crippen molar-refractivity contribution in [2.75, 3.05) is 6.54 Å². The minimum absolute atomic E-state index is 0.276. The van der Waals surface area contributed by atoms with Crippen LogP contribution in [0.1, 0.15) is 19.3 Å². The molecule has 1 aliphatic carbocycles. The molecule has 0 unspecified atom stereocenters. The third kappa shape index (κ3) is 3.00. The number of carboxylic acids is 1. The number of carbonyl (C=O) groups excluding carboxylic acids is 1. The Hall–Kier alpha value is -1.14. The monoisotopic (exact) mass is 283 g/mol. The van der Waals surface area contributed by atoms with Gasteiger partial charge in [0.25, 0.3) is 5.91 Å². The number of carbonyl (C=O) groups is 2. The Kier molecular flexibility index (Phi) is 4.19. The second-order valence-corrected chi connectivity index (χ2v) is 5.90. The van der Waals surface area contributed by atoms with Crippen molar-refractivity contribution in [1.29, 1.82) is 0 Å². The lowest BCUT2D eigenvalue weighted by atomic mass is 9.94. The van der Waals surface area contributed by atoms with Gasteiger partial charge in [-0.1, -0.05) is 42.2 Å². The Morgan fingerprint density at radius 1 is 1.61 bits per heavy atom. The van der Waals surface area contributed by atoms with E-state index in [9.17, 15) is 9.59 Å². The molecule has 0 bridgehead atoms. The smallest absolute Gasteiger partial charge is 0.323 e. The van der Waals surface area contributed by atoms with Crippen molar-refractivity contribution < 1.29 is 14.7 Å². The van der Waals surface area contributed by atoms with Gasteiger partial charge < -0.3 is 5.11 Å². The van der Waals surface area contributed by atoms with Gasteiger partial charge in [0.2, 0.25) is 0 Å². The normalized spacial score (nSPS) is 26.1. The summed E-state index contributed by atoms with van der Waals surface area (Å²) in [6.07, 6.45) is 9.17. The summed E-state index contributed by atoms with van der Waals surface area (Å²) in [6, 6.07) is 0. The number of carboxylic acid groups (broad SMARTS) is 1. The molecule has 0 radical (unpaired) electrons. The predicted octanol–water partition coefficient (Wildman–Crippen LogP) is 2.17. The fourth-order valence-corrected chi connectivity index (χ4v) is 3.29. The largest absolute Gasteiger partial charge is 0.480 e. The van der Waals surface area contributed by atoms with Crippen LogP contribution in [0.15, 0.2) is 23.1 Å². The molecule has 2 rings (SSSR count). The molecule has 6 heteroatoms. The van der Waals surface area contributed by atoms with Gasteiger partial charge >= 0.3 is 5.97 Å². The third-order valence-corrected chi connectivity index (χ3v) is 4.26. The first-order chi connectivity index (χ1) is 8.58. The van der Waals surface area contributed by atoms with Gasteiger partial charge in [-0.3, -0.25) is 14.5 Å². The lowest BCUT2D eigenvalue weighted by molar-refractivity contribution is -0.140. The molecule has 1 N–H and O–H groups in total. The predicted molar refractivity (Wildman–Crippen MR) is 74.1 cm³/mol. The molecular weight excluding hydrogens is 270 g/mol. The van der Waals surface area contributed by atoms with Gasteiger partial charge in [-0.25, -0.2) is 0 Å². The Labute approximate surface area is 115 Å². The minimum Gasteiger partial charge on any atom is -0.480 e. The molecule has 2 aliphatic rings. The van der Waals surface area contributed by atoms with Crippen LogP contribution in [0, 0.1) is 5.92 Å². The Morgan fingerprint density at radius 2 is 2.39 bits per heavy atom. The van der Waals surface area contributed by atoms with Gasteiger partial charge in [-0.2, -0.15) is 0 Å². The van der Waals surface area contributed by atoms with Crippen LogP contribution in [-0.4, -0.2) is 32.7 Å². The maximum atomic E-state index is 12.0. The molecule has 1 aliphatic heterocycles. The highest BCUT2D eigenvalue weighted by atomic mass is 32.2. The van der Waals surface area contributed by atoms with Crippen LogP contribution < -0.4 is 0 Å². The molecular formula is C12H13NO3S2. The Morgan fingerprint density at radius 3 is 3.00 bits per heavy atom. The molecule has 0 aromatic carbocycles. The number of thiocarbonyl (C=S) groups is 1. The number of amides is 1. The summed E-state index contributed by atoms with van der Waals surface area (Å²) in [7, 11) is 0. The first-order valence-electron chi connectivity index (χ1n) is 5.70. The summed E-state index contributed by atoms with van der Waals surface area (Å²) in [5, 5.41) is 8.73. The van der Waals surface area contributed by atoms with Gasteiger partial charge in [-0.15, -0.1) is 0 Å². The highest BCUT2D eigenvalue weighted by molar-refractivity contribution is 8.26. The van der Waals surface area contributed by atoms with Crippen molar-refractivity contribution in [2.24, 2.45) is 5.92 Å². The maximum absolute atomic E-state index is 12.0. The zero-order chi connectivity index (χ0) is 13.1. The van der Waals surface area contributed by atoms with Gasteiger partial charge in [-0.05, 0) is 25.2 Å². The number of rotatable bonds is 3. The second kappa shape index (κ2) is 5.67. The molecule has 96 valence electrons. The summed E-state index contributed by atoms with van der Waals surface area (Å²) in [6.45, 7) is -0.355. The lowest BCUT2D eigenvalue weighted by Crippen LogP contribution is -2.33. The van der Waals surface area contributed by atoms with E-state index in [1.54, 1.807) is 0 Å². The van der Waals surface area contributed by atoms with Crippen LogP contribution in [0.25, 0.3) is 0 Å². The first-order valence-corrected chi connectivity index (χ1v) is 6.92. The number of thioether (sulfide) groups is 1. The average Bonchev–Trinajstić information content (AvgIpc) is 2.58. The van der Waals surface area contributed by atoms with Gasteiger partial charge in [0.15, 0.2) is 0 Å². The van der Waals surface area contributed by atoms with Crippen LogP contribution >= 0.6 is 24.0 Å². The van der Waals surface area contributed by atoms with Crippen molar-refractivity contribution in [3.63, 3.8) is 0 Å². The number of nitrogens with zero attached hydrogens (tertiary/aromatic N) is 1. The number of hydrogen-bond donors (Lipinski definition) is 1. The van der Waals surface area contributed by atoms with Crippen molar-refractivity contribution in [3.8, 4) is 0 Å². The van der Waals surface area contributed by atoms with E-state index in [1.165, 1.54) is 11.8 Å². The third-order valence-electron chi connectivity index (χ3n) is 2.86. The van der Waals surface area contributed by atoms with Crippen LogP contribution in [0.5, 0.6) is 0 Å². The van der Waals surface area contributed by atoms with Crippen molar-refractivity contribution in [3.05, 3.63) is 23.1 Å². The highest BCUT2D eigenvalue weighted by Gasteiger charge is 2.33. The molecule has 4 nitrogen and oxygen atoms in total. The SMILES string of the molecule is O=C(O)CN1C(=O)/C(=C\[C@H]2CC=CCC2)SC1=S. The number of aliphatic carboxylic acids is 1. The van der Waals surface area contributed by atoms with Crippen LogP contribution in [0.3, 0.4) is 0 Å². The fourth-order valence-electron chi connectivity index (χ4n) is 1.97. The zero-order valence-corrected chi connectivity index (χ0v) is 11.3. The van der Waals surface area contributed by atoms with E-state index in [1.807, 2.05) is 6.08 Å². The van der Waals surface area contributed by atoms with E-state index in [-0.39, 0.29) is 12.5 Å². The van der Waals surface area contributed by atoms with E-state index in [0.29, 0.717) is 15.1 Å². The molecule has 1 heterocycles. The summed E-state index contributed by atoms with van der Waals surface area (Å²) in [5.74, 6) is -0.968. The number of hydrogen-bond acceptors (Lipinski definition) is 4. The maximum Gasteiger partial charge on any atom is 0.323 e. The zero-order valence-electron chi connectivity index (χ0n) is 9.67. The number of allylic oxidation sites excluding steroid dienone is 3. The van der Waals surface area contributed by atoms with Gasteiger partial charge in [0, 0.05) is 0 Å². The van der Waals surface area contributed by atoms with Gasteiger partial charge in [0.05, 0.1) is 4.91 Å². The highest BCUT2D eigenvalue weighted by Crippen LogP contribution is 2.33. The Balaban J connectivity index is 2.09. The summed E-state index contributed by atoms with van der Waals surface area (Å²) < 4.78 is 0.333. The lowest BCUT2D eigenvalue weighted by Gasteiger charge is -2.14. The summed E-state index contributed by atoms with van der Waals surface area (Å²) in [5.41, 5.74) is 0. The van der Waals surface area contributed by atoms with E-state index in [2.05, 4.69) is 12.2 Å². The summed E-state index contributed by atoms with van der Waals surface area (Å²) in [4.78, 5) is 24.4.